The zero-order valence-electron chi connectivity index (χ0n) is 7.93. The molecule has 2 aliphatic heterocycles. The van der Waals surface area contributed by atoms with Gasteiger partial charge in [-0.2, -0.15) is 0 Å². The summed E-state index contributed by atoms with van der Waals surface area (Å²) in [6, 6.07) is 0. The van der Waals surface area contributed by atoms with Crippen LogP contribution in [0.25, 0.3) is 0 Å². The fraction of sp³-hybridized carbons (Fsp3) is 0.600. The maximum atomic E-state index is 11.3. The van der Waals surface area contributed by atoms with Gasteiger partial charge in [-0.25, -0.2) is 4.79 Å². The zero-order chi connectivity index (χ0) is 10.1. The molecule has 3 unspecified atom stereocenters. The number of carbonyl (C=O) groups excluding carboxylic acids is 2. The summed E-state index contributed by atoms with van der Waals surface area (Å²) in [5, 5.41) is 0. The second kappa shape index (κ2) is 3.44. The largest absolute Gasteiger partial charge is 0.497 e. The first kappa shape index (κ1) is 9.24. The van der Waals surface area contributed by atoms with Gasteiger partial charge in [0, 0.05) is 5.92 Å². The molecule has 0 radical (unpaired) electrons. The van der Waals surface area contributed by atoms with E-state index in [1.165, 1.54) is 6.26 Å². The first-order valence-corrected chi connectivity index (χ1v) is 4.72. The average molecular weight is 196 g/mol. The van der Waals surface area contributed by atoms with Crippen LogP contribution in [0, 0.1) is 11.8 Å². The molecule has 0 aromatic carbocycles. The Hall–Kier alpha value is -1.32. The van der Waals surface area contributed by atoms with Crippen LogP contribution in [0.5, 0.6) is 0 Å². The minimum absolute atomic E-state index is 0.0162. The lowest BCUT2D eigenvalue weighted by Crippen LogP contribution is -2.39. The van der Waals surface area contributed by atoms with Gasteiger partial charge in [-0.3, -0.25) is 0 Å². The number of rotatable bonds is 1. The van der Waals surface area contributed by atoms with E-state index in [9.17, 15) is 9.59 Å². The van der Waals surface area contributed by atoms with Gasteiger partial charge in [0.1, 0.15) is 12.4 Å². The second-order valence-electron chi connectivity index (χ2n) is 3.66. The van der Waals surface area contributed by atoms with E-state index in [0.717, 1.165) is 6.29 Å². The molecular weight excluding hydrogens is 184 g/mol. The van der Waals surface area contributed by atoms with Crippen molar-refractivity contribution in [1.29, 1.82) is 0 Å². The number of hydrogen-bond acceptors (Lipinski definition) is 4. The van der Waals surface area contributed by atoms with Gasteiger partial charge < -0.3 is 14.3 Å². The number of aldehydes is 1. The van der Waals surface area contributed by atoms with Gasteiger partial charge in [0.2, 0.25) is 0 Å². The van der Waals surface area contributed by atoms with Crippen molar-refractivity contribution in [3.05, 3.63) is 11.8 Å². The highest BCUT2D eigenvalue weighted by molar-refractivity contribution is 5.90. The average Bonchev–Trinajstić information content (AvgIpc) is 2.18. The lowest BCUT2D eigenvalue weighted by Gasteiger charge is -2.35. The number of carbonyl (C=O) groups is 2. The molecule has 3 atom stereocenters. The number of esters is 1. The molecule has 2 heterocycles. The monoisotopic (exact) mass is 196 g/mol. The Labute approximate surface area is 81.9 Å². The predicted octanol–water partition coefficient (Wildman–Crippen LogP) is 0.667. The number of cyclic esters (lactones) is 1. The molecule has 14 heavy (non-hydrogen) atoms. The molecule has 0 spiro atoms. The van der Waals surface area contributed by atoms with E-state index >= 15 is 0 Å². The summed E-state index contributed by atoms with van der Waals surface area (Å²) in [5.41, 5.74) is 0.506. The van der Waals surface area contributed by atoms with Crippen LogP contribution in [0.3, 0.4) is 0 Å². The lowest BCUT2D eigenvalue weighted by atomic mass is 9.79. The second-order valence-corrected chi connectivity index (χ2v) is 3.66. The Bertz CT molecular complexity index is 294. The quantitative estimate of drug-likeness (QED) is 0.457. The molecule has 2 aliphatic rings. The minimum Gasteiger partial charge on any atom is -0.497 e. The van der Waals surface area contributed by atoms with E-state index in [-0.39, 0.29) is 23.9 Å². The predicted molar refractivity (Wildman–Crippen MR) is 47.3 cm³/mol. The van der Waals surface area contributed by atoms with Crippen molar-refractivity contribution in [3.8, 4) is 0 Å². The van der Waals surface area contributed by atoms with Crippen LogP contribution in [-0.4, -0.2) is 25.0 Å². The first-order valence-electron chi connectivity index (χ1n) is 4.72. The highest BCUT2D eigenvalue weighted by atomic mass is 16.5. The van der Waals surface area contributed by atoms with E-state index in [4.69, 9.17) is 9.47 Å². The topological polar surface area (TPSA) is 52.6 Å². The van der Waals surface area contributed by atoms with Gasteiger partial charge in [0.15, 0.2) is 0 Å². The minimum atomic E-state index is -0.347. The normalized spacial score (nSPS) is 36.2. The van der Waals surface area contributed by atoms with Crippen LogP contribution in [0.2, 0.25) is 0 Å². The van der Waals surface area contributed by atoms with Gasteiger partial charge in [0.25, 0.3) is 0 Å². The number of ether oxygens (including phenoxy) is 2. The molecule has 2 rings (SSSR count). The molecule has 0 bridgehead atoms. The summed E-state index contributed by atoms with van der Waals surface area (Å²) in [6.45, 7) is 2.24. The molecule has 4 heteroatoms. The maximum absolute atomic E-state index is 11.3. The molecular formula is C10H12O4. The SMILES string of the molecule is CC1OC=C2C(=O)OCCC2C1C=O. The third kappa shape index (κ3) is 1.31. The van der Waals surface area contributed by atoms with E-state index < -0.39 is 0 Å². The zero-order valence-corrected chi connectivity index (χ0v) is 7.93. The summed E-state index contributed by atoms with van der Waals surface area (Å²) in [6.07, 6.45) is 2.89. The Morgan fingerprint density at radius 1 is 1.57 bits per heavy atom. The summed E-state index contributed by atoms with van der Waals surface area (Å²) >= 11 is 0. The fourth-order valence-corrected chi connectivity index (χ4v) is 2.01. The Kier molecular flexibility index (Phi) is 2.27. The van der Waals surface area contributed by atoms with E-state index in [1.54, 1.807) is 0 Å². The Balaban J connectivity index is 2.29. The Morgan fingerprint density at radius 2 is 2.36 bits per heavy atom. The van der Waals surface area contributed by atoms with Gasteiger partial charge in [-0.1, -0.05) is 0 Å². The van der Waals surface area contributed by atoms with Crippen molar-refractivity contribution in [2.24, 2.45) is 11.8 Å². The molecule has 1 saturated heterocycles. The van der Waals surface area contributed by atoms with Gasteiger partial charge in [-0.05, 0) is 13.3 Å². The first-order chi connectivity index (χ1) is 6.74. The molecule has 76 valence electrons. The van der Waals surface area contributed by atoms with Gasteiger partial charge in [-0.15, -0.1) is 0 Å². The highest BCUT2D eigenvalue weighted by Crippen LogP contribution is 2.34. The molecule has 0 aromatic heterocycles. The van der Waals surface area contributed by atoms with Crippen molar-refractivity contribution in [2.75, 3.05) is 6.61 Å². The van der Waals surface area contributed by atoms with Gasteiger partial charge in [0.05, 0.1) is 24.4 Å². The van der Waals surface area contributed by atoms with Crippen LogP contribution in [0.1, 0.15) is 13.3 Å². The van der Waals surface area contributed by atoms with E-state index in [0.29, 0.717) is 18.6 Å². The molecule has 0 saturated carbocycles. The van der Waals surface area contributed by atoms with Crippen LogP contribution in [-0.2, 0) is 19.1 Å². The lowest BCUT2D eigenvalue weighted by molar-refractivity contribution is -0.145. The third-order valence-corrected chi connectivity index (χ3v) is 2.87. The standard InChI is InChI=1S/C10H12O4/c1-6-8(4-11)7-2-3-13-10(12)9(7)5-14-6/h4-8H,2-3H2,1H3. The highest BCUT2D eigenvalue weighted by Gasteiger charge is 2.39. The Morgan fingerprint density at radius 3 is 3.07 bits per heavy atom. The van der Waals surface area contributed by atoms with Gasteiger partial charge >= 0.3 is 5.97 Å². The van der Waals surface area contributed by atoms with E-state index in [1.807, 2.05) is 6.92 Å². The van der Waals surface area contributed by atoms with Crippen molar-refractivity contribution >= 4 is 12.3 Å². The van der Waals surface area contributed by atoms with Crippen molar-refractivity contribution in [2.45, 2.75) is 19.4 Å². The molecule has 0 N–H and O–H groups in total. The molecule has 1 fully saturated rings. The van der Waals surface area contributed by atoms with Crippen LogP contribution in [0.4, 0.5) is 0 Å². The number of hydrogen-bond donors (Lipinski definition) is 0. The summed E-state index contributed by atoms with van der Waals surface area (Å²) in [7, 11) is 0. The fourth-order valence-electron chi connectivity index (χ4n) is 2.01. The van der Waals surface area contributed by atoms with Crippen LogP contribution < -0.4 is 0 Å². The molecule has 4 nitrogen and oxygen atoms in total. The van der Waals surface area contributed by atoms with Crippen molar-refractivity contribution in [1.82, 2.24) is 0 Å². The van der Waals surface area contributed by atoms with Crippen molar-refractivity contribution < 1.29 is 19.1 Å². The van der Waals surface area contributed by atoms with Crippen LogP contribution in [0.15, 0.2) is 11.8 Å². The summed E-state index contributed by atoms with van der Waals surface area (Å²) < 4.78 is 10.1. The van der Waals surface area contributed by atoms with Crippen molar-refractivity contribution in [3.63, 3.8) is 0 Å². The van der Waals surface area contributed by atoms with E-state index in [2.05, 4.69) is 0 Å². The molecule has 0 aromatic rings. The molecule has 0 aliphatic carbocycles. The van der Waals surface area contributed by atoms with Crippen LogP contribution >= 0.6 is 0 Å². The smallest absolute Gasteiger partial charge is 0.337 e. The molecule has 0 amide bonds. The number of fused-ring (bicyclic) bond motifs is 1. The summed E-state index contributed by atoms with van der Waals surface area (Å²) in [4.78, 5) is 22.2. The third-order valence-electron chi connectivity index (χ3n) is 2.87. The maximum Gasteiger partial charge on any atom is 0.337 e. The summed E-state index contributed by atoms with van der Waals surface area (Å²) in [5.74, 6) is -0.583.